The largest absolute Gasteiger partial charge is 0.307 e. The van der Waals surface area contributed by atoms with E-state index in [9.17, 15) is 4.79 Å². The van der Waals surface area contributed by atoms with E-state index in [1.165, 1.54) is 32.1 Å². The molecule has 0 aliphatic heterocycles. The van der Waals surface area contributed by atoms with Crippen LogP contribution < -0.4 is 5.56 Å². The van der Waals surface area contributed by atoms with E-state index in [4.69, 9.17) is 0 Å². The number of nitrogens with zero attached hydrogens (tertiary/aromatic N) is 3. The fraction of sp³-hybridized carbons (Fsp3) is 0.467. The molecule has 1 saturated carbocycles. The highest BCUT2D eigenvalue weighted by Crippen LogP contribution is 2.27. The van der Waals surface area contributed by atoms with Crippen molar-refractivity contribution in [3.63, 3.8) is 0 Å². The first-order chi connectivity index (χ1) is 10.1. The van der Waals surface area contributed by atoms with Crippen LogP contribution in [0.5, 0.6) is 0 Å². The van der Waals surface area contributed by atoms with Gasteiger partial charge in [0.05, 0.1) is 22.8 Å². The van der Waals surface area contributed by atoms with Gasteiger partial charge in [-0.1, -0.05) is 19.3 Å². The lowest BCUT2D eigenvalue weighted by atomic mass is 9.96. The molecule has 1 fully saturated rings. The Kier molecular flexibility index (Phi) is 4.64. The predicted octanol–water partition coefficient (Wildman–Crippen LogP) is 4.12. The monoisotopic (exact) mass is 413 g/mol. The van der Waals surface area contributed by atoms with Crippen molar-refractivity contribution in [2.75, 3.05) is 0 Å². The number of halogens is 2. The van der Waals surface area contributed by atoms with E-state index >= 15 is 0 Å². The highest BCUT2D eigenvalue weighted by molar-refractivity contribution is 9.11. The van der Waals surface area contributed by atoms with Crippen LogP contribution in [0.2, 0.25) is 0 Å². The van der Waals surface area contributed by atoms with Crippen LogP contribution in [0.15, 0.2) is 38.3 Å². The van der Waals surface area contributed by atoms with Crippen LogP contribution in [0.3, 0.4) is 0 Å². The first-order valence-electron chi connectivity index (χ1n) is 7.23. The number of hydrogen-bond acceptors (Lipinski definition) is 2. The Morgan fingerprint density at radius 2 is 2.00 bits per heavy atom. The van der Waals surface area contributed by atoms with Gasteiger partial charge in [0.2, 0.25) is 0 Å². The van der Waals surface area contributed by atoms with Crippen molar-refractivity contribution in [3.8, 4) is 0 Å². The first-order valence-corrected chi connectivity index (χ1v) is 8.81. The molecule has 0 aromatic carbocycles. The van der Waals surface area contributed by atoms with Crippen LogP contribution >= 0.6 is 31.9 Å². The summed E-state index contributed by atoms with van der Waals surface area (Å²) >= 11 is 6.70. The lowest BCUT2D eigenvalue weighted by Crippen LogP contribution is -2.21. The van der Waals surface area contributed by atoms with Gasteiger partial charge in [-0.15, -0.1) is 0 Å². The highest BCUT2D eigenvalue weighted by atomic mass is 79.9. The maximum atomic E-state index is 12.1. The van der Waals surface area contributed by atoms with E-state index in [-0.39, 0.29) is 5.56 Å². The second kappa shape index (κ2) is 6.48. The van der Waals surface area contributed by atoms with Gasteiger partial charge in [0.1, 0.15) is 0 Å². The molecular formula is C15H17Br2N3O. The molecule has 1 aliphatic carbocycles. The summed E-state index contributed by atoms with van der Waals surface area (Å²) in [5.74, 6) is 0. The molecule has 0 unspecified atom stereocenters. The van der Waals surface area contributed by atoms with Gasteiger partial charge in [0.15, 0.2) is 0 Å². The predicted molar refractivity (Wildman–Crippen MR) is 89.6 cm³/mol. The minimum atomic E-state index is -0.0367. The molecule has 0 N–H and O–H groups in total. The van der Waals surface area contributed by atoms with Crippen LogP contribution in [0, 0.1) is 0 Å². The Morgan fingerprint density at radius 3 is 2.76 bits per heavy atom. The van der Waals surface area contributed by atoms with Crippen LogP contribution in [0.1, 0.15) is 43.8 Å². The zero-order valence-corrected chi connectivity index (χ0v) is 14.8. The van der Waals surface area contributed by atoms with Gasteiger partial charge < -0.3 is 4.57 Å². The Labute approximate surface area is 140 Å². The highest BCUT2D eigenvalue weighted by Gasteiger charge is 2.16. The summed E-state index contributed by atoms with van der Waals surface area (Å²) < 4.78 is 5.18. The van der Waals surface area contributed by atoms with Crippen molar-refractivity contribution < 1.29 is 0 Å². The van der Waals surface area contributed by atoms with Crippen LogP contribution in [-0.2, 0) is 6.54 Å². The zero-order chi connectivity index (χ0) is 14.8. The Balaban J connectivity index is 1.80. The molecule has 4 nitrogen and oxygen atoms in total. The molecule has 0 atom stereocenters. The Hall–Kier alpha value is -0.880. The molecule has 0 amide bonds. The fourth-order valence-electron chi connectivity index (χ4n) is 2.87. The van der Waals surface area contributed by atoms with Crippen LogP contribution in [0.4, 0.5) is 0 Å². The average molecular weight is 415 g/mol. The summed E-state index contributed by atoms with van der Waals surface area (Å²) in [6.45, 7) is 0.497. The number of rotatable bonds is 3. The van der Waals surface area contributed by atoms with Gasteiger partial charge >= 0.3 is 0 Å². The average Bonchev–Trinajstić information content (AvgIpc) is 2.94. The second-order valence-electron chi connectivity index (χ2n) is 5.52. The Morgan fingerprint density at radius 1 is 1.24 bits per heavy atom. The lowest BCUT2D eigenvalue weighted by molar-refractivity contribution is 0.328. The van der Waals surface area contributed by atoms with Gasteiger partial charge in [-0.05, 0) is 56.8 Å². The molecule has 2 heterocycles. The van der Waals surface area contributed by atoms with Gasteiger partial charge in [0, 0.05) is 16.9 Å². The third-order valence-electron chi connectivity index (χ3n) is 3.95. The van der Waals surface area contributed by atoms with E-state index in [1.54, 1.807) is 16.8 Å². The van der Waals surface area contributed by atoms with Crippen LogP contribution in [0.25, 0.3) is 0 Å². The van der Waals surface area contributed by atoms with Crippen molar-refractivity contribution in [2.45, 2.75) is 44.7 Å². The molecule has 112 valence electrons. The fourth-order valence-corrected chi connectivity index (χ4v) is 4.13. The molecule has 1 aliphatic rings. The lowest BCUT2D eigenvalue weighted by Gasteiger charge is -2.21. The minimum absolute atomic E-state index is 0.0367. The van der Waals surface area contributed by atoms with E-state index in [2.05, 4.69) is 41.6 Å². The molecule has 0 radical (unpaired) electrons. The topological polar surface area (TPSA) is 39.8 Å². The zero-order valence-electron chi connectivity index (χ0n) is 11.6. The summed E-state index contributed by atoms with van der Waals surface area (Å²) in [6.07, 6.45) is 10.2. The standard InChI is InChI=1S/C15H17Br2N3O/c16-11-8-14(17)15(21)19(9-11)10-12-6-7-20(18-12)13-4-2-1-3-5-13/h6-9,13H,1-5,10H2. The third kappa shape index (κ3) is 3.48. The van der Waals surface area contributed by atoms with Crippen molar-refractivity contribution in [3.05, 3.63) is 49.5 Å². The summed E-state index contributed by atoms with van der Waals surface area (Å²) in [6, 6.07) is 4.30. The van der Waals surface area contributed by atoms with Gasteiger partial charge in [-0.3, -0.25) is 9.48 Å². The van der Waals surface area contributed by atoms with Gasteiger partial charge in [-0.2, -0.15) is 5.10 Å². The van der Waals surface area contributed by atoms with Crippen molar-refractivity contribution in [1.29, 1.82) is 0 Å². The van der Waals surface area contributed by atoms with E-state index < -0.39 is 0 Å². The van der Waals surface area contributed by atoms with Crippen molar-refractivity contribution in [1.82, 2.24) is 14.3 Å². The minimum Gasteiger partial charge on any atom is -0.307 e. The second-order valence-corrected chi connectivity index (χ2v) is 7.29. The van der Waals surface area contributed by atoms with Crippen molar-refractivity contribution in [2.24, 2.45) is 0 Å². The SMILES string of the molecule is O=c1c(Br)cc(Br)cn1Cc1ccn(C2CCCCC2)n1. The summed E-state index contributed by atoms with van der Waals surface area (Å²) in [4.78, 5) is 12.1. The molecule has 0 spiro atoms. The summed E-state index contributed by atoms with van der Waals surface area (Å²) in [5.41, 5.74) is 0.887. The maximum absolute atomic E-state index is 12.1. The van der Waals surface area contributed by atoms with Crippen LogP contribution in [-0.4, -0.2) is 14.3 Å². The number of pyridine rings is 1. The number of hydrogen-bond donors (Lipinski definition) is 0. The summed E-state index contributed by atoms with van der Waals surface area (Å²) in [7, 11) is 0. The van der Waals surface area contributed by atoms with E-state index in [0.717, 1.165) is 10.2 Å². The molecule has 2 aromatic rings. The third-order valence-corrected chi connectivity index (χ3v) is 4.96. The number of aromatic nitrogens is 3. The normalized spacial score (nSPS) is 16.3. The molecule has 21 heavy (non-hydrogen) atoms. The van der Waals surface area contributed by atoms with Gasteiger partial charge in [-0.25, -0.2) is 0 Å². The molecule has 3 rings (SSSR count). The van der Waals surface area contributed by atoms with E-state index in [1.807, 2.05) is 12.3 Å². The van der Waals surface area contributed by atoms with Gasteiger partial charge in [0.25, 0.3) is 5.56 Å². The smallest absolute Gasteiger partial charge is 0.265 e. The molecule has 2 aromatic heterocycles. The quantitative estimate of drug-likeness (QED) is 0.757. The summed E-state index contributed by atoms with van der Waals surface area (Å²) in [5, 5.41) is 4.66. The molecule has 0 saturated heterocycles. The molecular weight excluding hydrogens is 398 g/mol. The molecule has 6 heteroatoms. The van der Waals surface area contributed by atoms with Crippen molar-refractivity contribution >= 4 is 31.9 Å². The maximum Gasteiger partial charge on any atom is 0.265 e. The van der Waals surface area contributed by atoms with E-state index in [0.29, 0.717) is 17.1 Å². The molecule has 0 bridgehead atoms. The Bertz CT molecular complexity index is 686. The first kappa shape index (κ1) is 15.0.